The van der Waals surface area contributed by atoms with Crippen molar-refractivity contribution in [3.05, 3.63) is 64.3 Å². The van der Waals surface area contributed by atoms with Gasteiger partial charge in [-0.1, -0.05) is 29.3 Å². The first kappa shape index (κ1) is 14.0. The fourth-order valence-electron chi connectivity index (χ4n) is 2.32. The van der Waals surface area contributed by atoms with Gasteiger partial charge in [-0.3, -0.25) is 4.79 Å². The molecule has 0 radical (unpaired) electrons. The second-order valence-corrected chi connectivity index (χ2v) is 5.65. The van der Waals surface area contributed by atoms with Crippen molar-refractivity contribution in [2.24, 2.45) is 7.05 Å². The Morgan fingerprint density at radius 1 is 1.10 bits per heavy atom. The number of hydrogen-bond donors (Lipinski definition) is 1. The summed E-state index contributed by atoms with van der Waals surface area (Å²) in [4.78, 5) is 12.5. The predicted molar refractivity (Wildman–Crippen MR) is 87.3 cm³/mol. The van der Waals surface area contributed by atoms with E-state index in [4.69, 9.17) is 23.2 Å². The molecule has 0 atom stereocenters. The summed E-state index contributed by atoms with van der Waals surface area (Å²) < 4.78 is 1.97. The van der Waals surface area contributed by atoms with E-state index in [0.29, 0.717) is 21.3 Å². The molecule has 3 aromatic rings. The van der Waals surface area contributed by atoms with Crippen LogP contribution in [0.1, 0.15) is 10.4 Å². The van der Waals surface area contributed by atoms with Crippen LogP contribution >= 0.6 is 23.2 Å². The summed E-state index contributed by atoms with van der Waals surface area (Å²) in [6.07, 6.45) is 1.93. The highest BCUT2D eigenvalue weighted by Crippen LogP contribution is 2.24. The summed E-state index contributed by atoms with van der Waals surface area (Å²) >= 11 is 11.9. The van der Waals surface area contributed by atoms with E-state index in [1.165, 1.54) is 0 Å². The van der Waals surface area contributed by atoms with Crippen molar-refractivity contribution in [1.29, 1.82) is 0 Å². The highest BCUT2D eigenvalue weighted by atomic mass is 35.5. The highest BCUT2D eigenvalue weighted by Gasteiger charge is 2.12. The number of nitrogens with one attached hydrogen (secondary N) is 1. The van der Waals surface area contributed by atoms with E-state index in [1.807, 2.05) is 36.0 Å². The van der Waals surface area contributed by atoms with Gasteiger partial charge in [0.25, 0.3) is 5.91 Å². The second kappa shape index (κ2) is 5.43. The number of aryl methyl sites for hydroxylation is 1. The van der Waals surface area contributed by atoms with Crippen LogP contribution in [0, 0.1) is 0 Å². The zero-order valence-electron chi connectivity index (χ0n) is 11.2. The number of rotatable bonds is 2. The van der Waals surface area contributed by atoms with Crippen molar-refractivity contribution in [3.63, 3.8) is 0 Å². The van der Waals surface area contributed by atoms with Gasteiger partial charge in [0.2, 0.25) is 0 Å². The van der Waals surface area contributed by atoms with Crippen molar-refractivity contribution in [3.8, 4) is 0 Å². The zero-order valence-corrected chi connectivity index (χ0v) is 12.7. The molecule has 0 aliphatic carbocycles. The molecule has 1 heterocycles. The van der Waals surface area contributed by atoms with E-state index >= 15 is 0 Å². The molecule has 3 nitrogen and oxygen atoms in total. The summed E-state index contributed by atoms with van der Waals surface area (Å²) in [6, 6.07) is 12.5. The van der Waals surface area contributed by atoms with Crippen LogP contribution in [0.3, 0.4) is 0 Å². The van der Waals surface area contributed by atoms with E-state index in [1.54, 1.807) is 24.3 Å². The molecule has 106 valence electrons. The van der Waals surface area contributed by atoms with Crippen LogP contribution in [-0.2, 0) is 7.05 Å². The lowest BCUT2D eigenvalue weighted by molar-refractivity contribution is 0.102. The molecule has 0 unspecified atom stereocenters. The molecule has 0 spiro atoms. The summed E-state index contributed by atoms with van der Waals surface area (Å²) in [5.41, 5.74) is 2.20. The fourth-order valence-corrected chi connectivity index (χ4v) is 2.85. The molecule has 0 saturated carbocycles. The summed E-state index contributed by atoms with van der Waals surface area (Å²) in [7, 11) is 1.95. The molecule has 3 rings (SSSR count). The average molecular weight is 319 g/mol. The third-order valence-corrected chi connectivity index (χ3v) is 3.73. The van der Waals surface area contributed by atoms with Gasteiger partial charge >= 0.3 is 0 Å². The fraction of sp³-hybridized carbons (Fsp3) is 0.0625. The SMILES string of the molecule is Cn1ccc2c(C(=O)Nc3cc(Cl)cc(Cl)c3)cccc21. The lowest BCUT2D eigenvalue weighted by Crippen LogP contribution is -2.12. The average Bonchev–Trinajstić information content (AvgIpc) is 2.79. The first-order valence-electron chi connectivity index (χ1n) is 6.36. The van der Waals surface area contributed by atoms with Gasteiger partial charge in [0, 0.05) is 45.4 Å². The van der Waals surface area contributed by atoms with Gasteiger partial charge in [0.05, 0.1) is 0 Å². The number of nitrogens with zero attached hydrogens (tertiary/aromatic N) is 1. The van der Waals surface area contributed by atoms with Crippen molar-refractivity contribution >= 4 is 45.7 Å². The lowest BCUT2D eigenvalue weighted by atomic mass is 10.1. The van der Waals surface area contributed by atoms with Crippen LogP contribution < -0.4 is 5.32 Å². The van der Waals surface area contributed by atoms with Crippen LogP contribution in [0.15, 0.2) is 48.7 Å². The van der Waals surface area contributed by atoms with Crippen LogP contribution in [0.5, 0.6) is 0 Å². The van der Waals surface area contributed by atoms with Crippen LogP contribution in [-0.4, -0.2) is 10.5 Å². The normalized spacial score (nSPS) is 10.8. The van der Waals surface area contributed by atoms with E-state index in [9.17, 15) is 4.79 Å². The smallest absolute Gasteiger partial charge is 0.256 e. The number of benzene rings is 2. The molecule has 1 aromatic heterocycles. The maximum atomic E-state index is 12.5. The summed E-state index contributed by atoms with van der Waals surface area (Å²) in [5, 5.41) is 4.70. The van der Waals surface area contributed by atoms with Gasteiger partial charge in [-0.15, -0.1) is 0 Å². The summed E-state index contributed by atoms with van der Waals surface area (Å²) in [6.45, 7) is 0. The molecule has 0 saturated heterocycles. The Kier molecular flexibility index (Phi) is 3.62. The number of fused-ring (bicyclic) bond motifs is 1. The predicted octanol–water partition coefficient (Wildman–Crippen LogP) is 4.74. The van der Waals surface area contributed by atoms with Crippen LogP contribution in [0.25, 0.3) is 10.9 Å². The van der Waals surface area contributed by atoms with Gasteiger partial charge in [-0.25, -0.2) is 0 Å². The van der Waals surface area contributed by atoms with E-state index in [-0.39, 0.29) is 5.91 Å². The van der Waals surface area contributed by atoms with Crippen molar-refractivity contribution < 1.29 is 4.79 Å². The van der Waals surface area contributed by atoms with E-state index in [0.717, 1.165) is 10.9 Å². The number of amides is 1. The minimum Gasteiger partial charge on any atom is -0.351 e. The number of carbonyl (C=O) groups is 1. The zero-order chi connectivity index (χ0) is 15.0. The molecule has 1 amide bonds. The van der Waals surface area contributed by atoms with Gasteiger partial charge < -0.3 is 9.88 Å². The Balaban J connectivity index is 1.97. The minimum atomic E-state index is -0.190. The Morgan fingerprint density at radius 3 is 2.52 bits per heavy atom. The molecule has 0 aliphatic rings. The number of aromatic nitrogens is 1. The number of halogens is 2. The molecular weight excluding hydrogens is 307 g/mol. The third-order valence-electron chi connectivity index (χ3n) is 3.29. The van der Waals surface area contributed by atoms with E-state index < -0.39 is 0 Å². The van der Waals surface area contributed by atoms with Gasteiger partial charge in [0.1, 0.15) is 0 Å². The highest BCUT2D eigenvalue weighted by molar-refractivity contribution is 6.35. The molecule has 0 fully saturated rings. The Morgan fingerprint density at radius 2 is 1.81 bits per heavy atom. The molecule has 2 aromatic carbocycles. The summed E-state index contributed by atoms with van der Waals surface area (Å²) in [5.74, 6) is -0.190. The molecule has 1 N–H and O–H groups in total. The van der Waals surface area contributed by atoms with Gasteiger partial charge in [-0.2, -0.15) is 0 Å². The minimum absolute atomic E-state index is 0.190. The van der Waals surface area contributed by atoms with E-state index in [2.05, 4.69) is 5.32 Å². The molecular formula is C16H12Cl2N2O. The number of anilines is 1. The maximum Gasteiger partial charge on any atom is 0.256 e. The Bertz CT molecular complexity index is 819. The van der Waals surface area contributed by atoms with Gasteiger partial charge in [0.15, 0.2) is 0 Å². The van der Waals surface area contributed by atoms with Crippen molar-refractivity contribution in [1.82, 2.24) is 4.57 Å². The van der Waals surface area contributed by atoms with Crippen LogP contribution in [0.4, 0.5) is 5.69 Å². The Labute approximate surface area is 132 Å². The maximum absolute atomic E-state index is 12.5. The van der Waals surface area contributed by atoms with Gasteiger partial charge in [-0.05, 0) is 36.4 Å². The number of hydrogen-bond acceptors (Lipinski definition) is 1. The quantitative estimate of drug-likeness (QED) is 0.727. The number of carbonyl (C=O) groups excluding carboxylic acids is 1. The first-order chi connectivity index (χ1) is 10.0. The topological polar surface area (TPSA) is 34.0 Å². The van der Waals surface area contributed by atoms with Crippen molar-refractivity contribution in [2.45, 2.75) is 0 Å². The third kappa shape index (κ3) is 2.75. The largest absolute Gasteiger partial charge is 0.351 e. The lowest BCUT2D eigenvalue weighted by Gasteiger charge is -2.08. The molecule has 0 bridgehead atoms. The molecule has 5 heteroatoms. The monoisotopic (exact) mass is 318 g/mol. The Hall–Kier alpha value is -1.97. The van der Waals surface area contributed by atoms with Crippen molar-refractivity contribution in [2.75, 3.05) is 5.32 Å². The second-order valence-electron chi connectivity index (χ2n) is 4.78. The molecule has 0 aliphatic heterocycles. The standard InChI is InChI=1S/C16H12Cl2N2O/c1-20-6-5-13-14(3-2-4-15(13)20)16(21)19-12-8-10(17)7-11(18)9-12/h2-9H,1H3,(H,19,21). The van der Waals surface area contributed by atoms with Crippen LogP contribution in [0.2, 0.25) is 10.0 Å². The first-order valence-corrected chi connectivity index (χ1v) is 7.12. The molecule has 21 heavy (non-hydrogen) atoms.